The fourth-order valence-corrected chi connectivity index (χ4v) is 7.81. The molecule has 2 heterocycles. The van der Waals surface area contributed by atoms with Crippen LogP contribution in [-0.4, -0.2) is 76.5 Å². The Morgan fingerprint density at radius 1 is 1.06 bits per heavy atom. The van der Waals surface area contributed by atoms with E-state index in [0.29, 0.717) is 24.2 Å². The number of benzene rings is 2. The maximum absolute atomic E-state index is 14.4. The summed E-state index contributed by atoms with van der Waals surface area (Å²) in [6, 6.07) is 17.2. The number of likely N-dealkylation sites (N-methyl/N-ethyl adjacent to an activating group) is 1. The van der Waals surface area contributed by atoms with Crippen molar-refractivity contribution in [3.63, 3.8) is 0 Å². The van der Waals surface area contributed by atoms with Gasteiger partial charge in [0.1, 0.15) is 17.6 Å². The lowest BCUT2D eigenvalue weighted by molar-refractivity contribution is -0.144. The molecule has 0 amide bonds. The number of ether oxygens (including phenoxy) is 1. The molecule has 0 spiro atoms. The number of aliphatic carboxylic acids is 1. The van der Waals surface area contributed by atoms with E-state index in [1.807, 2.05) is 31.3 Å². The summed E-state index contributed by atoms with van der Waals surface area (Å²) in [6.45, 7) is 10.2. The number of hydrogen-bond donors (Lipinski definition) is 1. The van der Waals surface area contributed by atoms with Crippen LogP contribution in [0.5, 0.6) is 5.75 Å². The van der Waals surface area contributed by atoms with Crippen molar-refractivity contribution in [2.45, 2.75) is 89.8 Å². The molecular formula is C37H54Cl3FN4O3. The topological polar surface area (TPSA) is 70.8 Å². The molecule has 2 fully saturated rings. The van der Waals surface area contributed by atoms with E-state index < -0.39 is 12.0 Å². The molecule has 1 aliphatic carbocycles. The Hall–Kier alpha value is -2.36. The first-order chi connectivity index (χ1) is 21.6. The normalized spacial score (nSPS) is 20.5. The summed E-state index contributed by atoms with van der Waals surface area (Å²) in [6.07, 6.45) is 5.36. The van der Waals surface area contributed by atoms with E-state index in [2.05, 4.69) is 53.5 Å². The number of nitrogens with zero attached hydrogens (tertiary/aromatic N) is 4. The van der Waals surface area contributed by atoms with Gasteiger partial charge in [0.2, 0.25) is 0 Å². The number of halogens is 4. The molecule has 1 saturated carbocycles. The highest BCUT2D eigenvalue weighted by Crippen LogP contribution is 2.43. The third-order valence-electron chi connectivity index (χ3n) is 10.2. The maximum Gasteiger partial charge on any atom is 0.320 e. The summed E-state index contributed by atoms with van der Waals surface area (Å²) in [5, 5.41) is 15.0. The largest absolute Gasteiger partial charge is 0.497 e. The Bertz CT molecular complexity index is 1430. The van der Waals surface area contributed by atoms with Gasteiger partial charge in [0.05, 0.1) is 12.8 Å². The van der Waals surface area contributed by atoms with Crippen molar-refractivity contribution in [1.29, 1.82) is 0 Å². The van der Waals surface area contributed by atoms with Gasteiger partial charge in [0.15, 0.2) is 0 Å². The molecule has 3 aromatic rings. The number of piperidine rings is 1. The number of aryl methyl sites for hydroxylation is 1. The van der Waals surface area contributed by atoms with E-state index in [0.717, 1.165) is 75.3 Å². The summed E-state index contributed by atoms with van der Waals surface area (Å²) in [5.74, 6) is 1.24. The first kappa shape index (κ1) is 41.8. The van der Waals surface area contributed by atoms with Crippen LogP contribution in [0.1, 0.15) is 87.2 Å². The Balaban J connectivity index is 0.00000267. The number of carbonyl (C=O) groups is 1. The van der Waals surface area contributed by atoms with Gasteiger partial charge in [-0.05, 0) is 118 Å². The molecular weight excluding hydrogens is 674 g/mol. The third kappa shape index (κ3) is 10.3. The lowest BCUT2D eigenvalue weighted by Gasteiger charge is -2.35. The van der Waals surface area contributed by atoms with Crippen molar-refractivity contribution in [2.75, 3.05) is 33.8 Å². The van der Waals surface area contributed by atoms with Crippen LogP contribution in [0.25, 0.3) is 0 Å². The molecule has 48 heavy (non-hydrogen) atoms. The molecule has 11 heteroatoms. The summed E-state index contributed by atoms with van der Waals surface area (Å²) in [7, 11) is 3.67. The smallest absolute Gasteiger partial charge is 0.320 e. The van der Waals surface area contributed by atoms with Crippen LogP contribution in [-0.2, 0) is 17.8 Å². The Kier molecular flexibility index (Phi) is 16.7. The van der Waals surface area contributed by atoms with Crippen LogP contribution in [0.2, 0.25) is 0 Å². The second kappa shape index (κ2) is 19.1. The number of methoxy groups -OCH3 is 1. The Labute approximate surface area is 304 Å². The van der Waals surface area contributed by atoms with Gasteiger partial charge >= 0.3 is 5.97 Å². The second-order valence-corrected chi connectivity index (χ2v) is 13.7. The highest BCUT2D eigenvalue weighted by molar-refractivity contribution is 5.86. The van der Waals surface area contributed by atoms with Crippen LogP contribution >= 0.6 is 37.2 Å². The van der Waals surface area contributed by atoms with Gasteiger partial charge in [-0.1, -0.05) is 38.1 Å². The van der Waals surface area contributed by atoms with Crippen molar-refractivity contribution in [1.82, 2.24) is 19.6 Å². The van der Waals surface area contributed by atoms with E-state index in [-0.39, 0.29) is 55.0 Å². The molecule has 1 aromatic heterocycles. The lowest BCUT2D eigenvalue weighted by atomic mass is 9.87. The number of hydrogen-bond acceptors (Lipinski definition) is 5. The molecule has 5 rings (SSSR count). The number of aromatic nitrogens is 2. The van der Waals surface area contributed by atoms with E-state index in [1.165, 1.54) is 17.3 Å². The average molecular weight is 728 g/mol. The fraction of sp³-hybridized carbons (Fsp3) is 0.568. The number of likely N-dealkylation sites (tertiary alicyclic amines) is 1. The van der Waals surface area contributed by atoms with Crippen LogP contribution in [0.4, 0.5) is 4.39 Å². The van der Waals surface area contributed by atoms with E-state index in [1.54, 1.807) is 13.2 Å². The molecule has 4 atom stereocenters. The molecule has 1 N–H and O–H groups in total. The summed E-state index contributed by atoms with van der Waals surface area (Å²) in [4.78, 5) is 16.9. The van der Waals surface area contributed by atoms with Gasteiger partial charge in [-0.25, -0.2) is 4.39 Å². The number of rotatable bonds is 13. The van der Waals surface area contributed by atoms with Gasteiger partial charge in [-0.3, -0.25) is 14.4 Å². The highest BCUT2D eigenvalue weighted by atomic mass is 35.5. The van der Waals surface area contributed by atoms with Crippen molar-refractivity contribution < 1.29 is 19.0 Å². The third-order valence-corrected chi connectivity index (χ3v) is 10.2. The molecule has 268 valence electrons. The van der Waals surface area contributed by atoms with E-state index >= 15 is 0 Å². The minimum Gasteiger partial charge on any atom is -0.497 e. The van der Waals surface area contributed by atoms with Crippen LogP contribution in [0.3, 0.4) is 0 Å². The summed E-state index contributed by atoms with van der Waals surface area (Å²) in [5.41, 5.74) is 4.67. The van der Waals surface area contributed by atoms with Crippen LogP contribution < -0.4 is 4.74 Å². The predicted molar refractivity (Wildman–Crippen MR) is 198 cm³/mol. The fourth-order valence-electron chi connectivity index (χ4n) is 7.81. The number of carboxylic acids is 1. The quantitative estimate of drug-likeness (QED) is 0.192. The average Bonchev–Trinajstić information content (AvgIpc) is 3.64. The van der Waals surface area contributed by atoms with E-state index in [4.69, 9.17) is 9.84 Å². The zero-order valence-corrected chi connectivity index (χ0v) is 31.3. The van der Waals surface area contributed by atoms with Crippen molar-refractivity contribution >= 4 is 43.2 Å². The zero-order chi connectivity index (χ0) is 32.1. The van der Waals surface area contributed by atoms with Gasteiger partial charge in [-0.2, -0.15) is 5.10 Å². The molecule has 3 unspecified atom stereocenters. The van der Waals surface area contributed by atoms with Gasteiger partial charge in [-0.15, -0.1) is 37.2 Å². The number of carboxylic acid groups (broad SMARTS) is 1. The molecule has 1 aliphatic heterocycles. The Morgan fingerprint density at radius 2 is 1.77 bits per heavy atom. The molecule has 0 radical (unpaired) electrons. The standard InChI is InChI=1S/C37H51FN4O3.3ClH/c1-6-42-35(22-31(39-42)18-26-9-7-12-33(19-26)45-5)27-13-15-41(16-14-27)24-29-21-32(40(4)36(37(43)44)17-25(2)3)23-34(29)28-10-8-11-30(38)20-28;;;/h7-12,19-20,22,25,27,29,32,34,36H,6,13-18,21,23-24H2,1-5H3,(H,43,44);3*1H/t29?,32?,34?,36-;;;/m1.../s1. The van der Waals surface area contributed by atoms with Crippen molar-refractivity contribution in [2.24, 2.45) is 11.8 Å². The first-order valence-corrected chi connectivity index (χ1v) is 16.8. The maximum atomic E-state index is 14.4. The summed E-state index contributed by atoms with van der Waals surface area (Å²) >= 11 is 0. The van der Waals surface area contributed by atoms with Gasteiger partial charge in [0, 0.05) is 37.2 Å². The van der Waals surface area contributed by atoms with Gasteiger partial charge < -0.3 is 14.7 Å². The molecule has 0 bridgehead atoms. The van der Waals surface area contributed by atoms with E-state index in [9.17, 15) is 14.3 Å². The molecule has 2 aromatic carbocycles. The van der Waals surface area contributed by atoms with Crippen LogP contribution in [0.15, 0.2) is 54.6 Å². The van der Waals surface area contributed by atoms with Crippen molar-refractivity contribution in [3.8, 4) is 5.75 Å². The minimum absolute atomic E-state index is 0. The Morgan fingerprint density at radius 3 is 2.40 bits per heavy atom. The minimum atomic E-state index is -0.753. The van der Waals surface area contributed by atoms with Crippen LogP contribution in [0, 0.1) is 17.7 Å². The SMILES string of the molecule is CCn1nc(Cc2cccc(OC)c2)cc1C1CCN(CC2CC(N(C)[C@H](CC(C)C)C(=O)O)CC2c2cccc(F)c2)CC1.Cl.Cl.Cl. The molecule has 2 aliphatic rings. The second-order valence-electron chi connectivity index (χ2n) is 13.7. The zero-order valence-electron chi connectivity index (χ0n) is 28.9. The monoisotopic (exact) mass is 726 g/mol. The lowest BCUT2D eigenvalue weighted by Crippen LogP contribution is -2.45. The van der Waals surface area contributed by atoms with Crippen molar-refractivity contribution in [3.05, 3.63) is 82.9 Å². The van der Waals surface area contributed by atoms with Gasteiger partial charge in [0.25, 0.3) is 0 Å². The summed E-state index contributed by atoms with van der Waals surface area (Å²) < 4.78 is 21.9. The molecule has 7 nitrogen and oxygen atoms in total. The predicted octanol–water partition coefficient (Wildman–Crippen LogP) is 8.08. The highest BCUT2D eigenvalue weighted by Gasteiger charge is 2.41. The first-order valence-electron chi connectivity index (χ1n) is 16.8. The molecule has 1 saturated heterocycles.